The van der Waals surface area contributed by atoms with Crippen LogP contribution in [0.3, 0.4) is 0 Å². The fourth-order valence-corrected chi connectivity index (χ4v) is 3.95. The lowest BCUT2D eigenvalue weighted by atomic mass is 10.0. The van der Waals surface area contributed by atoms with Crippen LogP contribution in [0, 0.1) is 0 Å². The lowest BCUT2D eigenvalue weighted by Crippen LogP contribution is -1.92. The third-order valence-corrected chi connectivity index (χ3v) is 5.68. The summed E-state index contributed by atoms with van der Waals surface area (Å²) in [5.74, 6) is 0. The Bertz CT molecular complexity index is 746. The SMILES string of the molecule is CCc1ccc(C(Cl)c2ccc(Cl)c3ccccc23)s1. The van der Waals surface area contributed by atoms with Crippen LogP contribution in [-0.4, -0.2) is 0 Å². The predicted molar refractivity (Wildman–Crippen MR) is 90.4 cm³/mol. The van der Waals surface area contributed by atoms with Crippen molar-refractivity contribution in [3.63, 3.8) is 0 Å². The normalized spacial score (nSPS) is 12.8. The Hall–Kier alpha value is -1.02. The predicted octanol–water partition coefficient (Wildman–Crippen LogP) is 6.45. The lowest BCUT2D eigenvalue weighted by Gasteiger charge is -2.12. The summed E-state index contributed by atoms with van der Waals surface area (Å²) in [6.07, 6.45) is 1.05. The van der Waals surface area contributed by atoms with Gasteiger partial charge in [-0.3, -0.25) is 0 Å². The van der Waals surface area contributed by atoms with Gasteiger partial charge in [-0.1, -0.05) is 48.9 Å². The van der Waals surface area contributed by atoms with E-state index in [1.54, 1.807) is 11.3 Å². The second kappa shape index (κ2) is 5.77. The van der Waals surface area contributed by atoms with E-state index in [0.717, 1.165) is 27.8 Å². The fraction of sp³-hybridized carbons (Fsp3) is 0.176. The van der Waals surface area contributed by atoms with Crippen LogP contribution in [0.2, 0.25) is 5.02 Å². The van der Waals surface area contributed by atoms with Crippen molar-refractivity contribution in [1.29, 1.82) is 0 Å². The van der Waals surface area contributed by atoms with Crippen LogP contribution in [0.15, 0.2) is 48.5 Å². The largest absolute Gasteiger partial charge is 0.143 e. The van der Waals surface area contributed by atoms with Crippen molar-refractivity contribution in [3.05, 3.63) is 68.9 Å². The van der Waals surface area contributed by atoms with Crippen molar-refractivity contribution in [2.45, 2.75) is 18.7 Å². The molecule has 0 radical (unpaired) electrons. The van der Waals surface area contributed by atoms with Crippen molar-refractivity contribution in [2.24, 2.45) is 0 Å². The number of thiophene rings is 1. The van der Waals surface area contributed by atoms with E-state index in [-0.39, 0.29) is 5.38 Å². The maximum Gasteiger partial charge on any atom is 0.0933 e. The number of aryl methyl sites for hydroxylation is 1. The van der Waals surface area contributed by atoms with Crippen molar-refractivity contribution in [2.75, 3.05) is 0 Å². The zero-order valence-corrected chi connectivity index (χ0v) is 13.4. The highest BCUT2D eigenvalue weighted by atomic mass is 35.5. The van der Waals surface area contributed by atoms with Gasteiger partial charge in [-0.25, -0.2) is 0 Å². The van der Waals surface area contributed by atoms with E-state index in [1.165, 1.54) is 9.75 Å². The molecule has 3 aromatic rings. The van der Waals surface area contributed by atoms with Gasteiger partial charge >= 0.3 is 0 Å². The van der Waals surface area contributed by atoms with E-state index in [4.69, 9.17) is 23.2 Å². The number of hydrogen-bond donors (Lipinski definition) is 0. The molecule has 3 heteroatoms. The fourth-order valence-electron chi connectivity index (χ4n) is 2.38. The van der Waals surface area contributed by atoms with E-state index in [0.29, 0.717) is 0 Å². The molecule has 0 fully saturated rings. The number of halogens is 2. The van der Waals surface area contributed by atoms with Crippen molar-refractivity contribution in [3.8, 4) is 0 Å². The van der Waals surface area contributed by atoms with E-state index in [2.05, 4.69) is 25.1 Å². The molecule has 0 nitrogen and oxygen atoms in total. The van der Waals surface area contributed by atoms with Gasteiger partial charge in [0.25, 0.3) is 0 Å². The van der Waals surface area contributed by atoms with Crippen LogP contribution in [0.4, 0.5) is 0 Å². The molecule has 0 bridgehead atoms. The van der Waals surface area contributed by atoms with Gasteiger partial charge in [0.15, 0.2) is 0 Å². The van der Waals surface area contributed by atoms with Gasteiger partial charge in [0.2, 0.25) is 0 Å². The number of alkyl halides is 1. The first-order chi connectivity index (χ1) is 9.70. The molecule has 1 aromatic heterocycles. The summed E-state index contributed by atoms with van der Waals surface area (Å²) in [6.45, 7) is 2.16. The topological polar surface area (TPSA) is 0 Å². The highest BCUT2D eigenvalue weighted by molar-refractivity contribution is 7.12. The highest BCUT2D eigenvalue weighted by Crippen LogP contribution is 2.38. The molecule has 0 spiro atoms. The van der Waals surface area contributed by atoms with Crippen LogP contribution in [-0.2, 0) is 6.42 Å². The molecule has 0 aliphatic rings. The Morgan fingerprint density at radius 2 is 1.75 bits per heavy atom. The van der Waals surface area contributed by atoms with Crippen LogP contribution in [0.25, 0.3) is 10.8 Å². The minimum Gasteiger partial charge on any atom is -0.143 e. The summed E-state index contributed by atoms with van der Waals surface area (Å²) in [5, 5.41) is 2.84. The molecule has 0 aliphatic carbocycles. The average molecular weight is 321 g/mol. The number of fused-ring (bicyclic) bond motifs is 1. The first kappa shape index (κ1) is 13.9. The van der Waals surface area contributed by atoms with Gasteiger partial charge in [-0.15, -0.1) is 22.9 Å². The molecule has 1 unspecified atom stereocenters. The monoisotopic (exact) mass is 320 g/mol. The second-order valence-corrected chi connectivity index (χ2v) is 6.75. The molecule has 3 rings (SSSR count). The van der Waals surface area contributed by atoms with Crippen LogP contribution < -0.4 is 0 Å². The minimum absolute atomic E-state index is 0.123. The zero-order valence-electron chi connectivity index (χ0n) is 11.1. The smallest absolute Gasteiger partial charge is 0.0933 e. The van der Waals surface area contributed by atoms with Gasteiger partial charge in [0.05, 0.1) is 5.38 Å². The van der Waals surface area contributed by atoms with Gasteiger partial charge in [-0.05, 0) is 35.6 Å². The number of rotatable bonds is 3. The maximum absolute atomic E-state index is 6.70. The molecule has 2 aromatic carbocycles. The molecular formula is C17H14Cl2S. The van der Waals surface area contributed by atoms with Gasteiger partial charge in [0.1, 0.15) is 0 Å². The summed E-state index contributed by atoms with van der Waals surface area (Å²) in [4.78, 5) is 2.56. The average Bonchev–Trinajstić information content (AvgIpc) is 2.96. The van der Waals surface area contributed by atoms with Crippen LogP contribution in [0.5, 0.6) is 0 Å². The summed E-state index contributed by atoms with van der Waals surface area (Å²) < 4.78 is 0. The second-order valence-electron chi connectivity index (χ2n) is 4.70. The van der Waals surface area contributed by atoms with Crippen molar-refractivity contribution >= 4 is 45.3 Å². The van der Waals surface area contributed by atoms with Crippen molar-refractivity contribution < 1.29 is 0 Å². The molecular weight excluding hydrogens is 307 g/mol. The Morgan fingerprint density at radius 1 is 1.00 bits per heavy atom. The Morgan fingerprint density at radius 3 is 2.45 bits per heavy atom. The summed E-state index contributed by atoms with van der Waals surface area (Å²) in [6, 6.07) is 16.4. The first-order valence-electron chi connectivity index (χ1n) is 6.60. The summed E-state index contributed by atoms with van der Waals surface area (Å²) in [7, 11) is 0. The van der Waals surface area contributed by atoms with E-state index < -0.39 is 0 Å². The summed E-state index contributed by atoms with van der Waals surface area (Å²) >= 11 is 14.7. The molecule has 0 aliphatic heterocycles. The zero-order chi connectivity index (χ0) is 14.1. The van der Waals surface area contributed by atoms with Crippen molar-refractivity contribution in [1.82, 2.24) is 0 Å². The van der Waals surface area contributed by atoms with Gasteiger partial charge < -0.3 is 0 Å². The van der Waals surface area contributed by atoms with Crippen LogP contribution >= 0.6 is 34.5 Å². The van der Waals surface area contributed by atoms with Gasteiger partial charge in [-0.2, -0.15) is 0 Å². The molecule has 102 valence electrons. The molecule has 0 saturated heterocycles. The van der Waals surface area contributed by atoms with E-state index in [1.807, 2.05) is 30.3 Å². The number of benzene rings is 2. The first-order valence-corrected chi connectivity index (χ1v) is 8.23. The molecule has 1 heterocycles. The molecule has 20 heavy (non-hydrogen) atoms. The van der Waals surface area contributed by atoms with Crippen LogP contribution in [0.1, 0.15) is 27.6 Å². The Balaban J connectivity index is 2.12. The molecule has 0 saturated carbocycles. The standard InChI is InChI=1S/C17H14Cl2S/c1-2-11-7-10-16(20-11)17(19)14-8-9-15(18)13-6-4-3-5-12(13)14/h3-10,17H,2H2,1H3. The quantitative estimate of drug-likeness (QED) is 0.487. The van der Waals surface area contributed by atoms with E-state index in [9.17, 15) is 0 Å². The minimum atomic E-state index is -0.123. The Kier molecular flexibility index (Phi) is 4.02. The number of hydrogen-bond acceptors (Lipinski definition) is 1. The summed E-state index contributed by atoms with van der Waals surface area (Å²) in [5.41, 5.74) is 1.12. The molecule has 0 amide bonds. The highest BCUT2D eigenvalue weighted by Gasteiger charge is 2.16. The Labute approximate surface area is 133 Å². The molecule has 1 atom stereocenters. The van der Waals surface area contributed by atoms with Gasteiger partial charge in [0, 0.05) is 20.2 Å². The third kappa shape index (κ3) is 2.46. The maximum atomic E-state index is 6.70. The molecule has 0 N–H and O–H groups in total. The van der Waals surface area contributed by atoms with E-state index >= 15 is 0 Å². The third-order valence-electron chi connectivity index (χ3n) is 3.46. The lowest BCUT2D eigenvalue weighted by molar-refractivity contribution is 1.19.